The van der Waals surface area contributed by atoms with Crippen molar-refractivity contribution in [2.45, 2.75) is 6.92 Å². The first-order chi connectivity index (χ1) is 8.69. The number of carbonyl (C=O) groups is 1. The molecule has 0 atom stereocenters. The highest BCUT2D eigenvalue weighted by Gasteiger charge is 2.08. The number of rotatable bonds is 3. The van der Waals surface area contributed by atoms with Crippen molar-refractivity contribution in [2.24, 2.45) is 0 Å². The Kier molecular flexibility index (Phi) is 3.52. The van der Waals surface area contributed by atoms with E-state index in [9.17, 15) is 4.79 Å². The first kappa shape index (κ1) is 12.0. The molecule has 0 spiro atoms. The average molecular weight is 243 g/mol. The van der Waals surface area contributed by atoms with Gasteiger partial charge in [-0.25, -0.2) is 9.97 Å². The van der Waals surface area contributed by atoms with Gasteiger partial charge in [0.05, 0.1) is 7.11 Å². The number of aryl methyl sites for hydroxylation is 1. The van der Waals surface area contributed by atoms with E-state index < -0.39 is 0 Å². The zero-order chi connectivity index (χ0) is 13.0. The summed E-state index contributed by atoms with van der Waals surface area (Å²) in [6.07, 6.45) is 1.60. The van der Waals surface area contributed by atoms with E-state index in [0.29, 0.717) is 17.3 Å². The van der Waals surface area contributed by atoms with Crippen LogP contribution in [0.4, 0.5) is 5.95 Å². The first-order valence-electron chi connectivity index (χ1n) is 5.44. The van der Waals surface area contributed by atoms with Crippen LogP contribution in [-0.4, -0.2) is 23.0 Å². The Labute approximate surface area is 105 Å². The summed E-state index contributed by atoms with van der Waals surface area (Å²) in [4.78, 5) is 20.0. The van der Waals surface area contributed by atoms with Crippen LogP contribution in [0.2, 0.25) is 0 Å². The van der Waals surface area contributed by atoms with Gasteiger partial charge in [0.1, 0.15) is 5.75 Å². The fourth-order valence-corrected chi connectivity index (χ4v) is 1.45. The molecule has 2 rings (SSSR count). The highest BCUT2D eigenvalue weighted by Crippen LogP contribution is 2.13. The van der Waals surface area contributed by atoms with Crippen LogP contribution in [0.25, 0.3) is 0 Å². The highest BCUT2D eigenvalue weighted by molar-refractivity contribution is 6.03. The second kappa shape index (κ2) is 5.27. The summed E-state index contributed by atoms with van der Waals surface area (Å²) < 4.78 is 5.06. The van der Waals surface area contributed by atoms with Crippen LogP contribution in [0.3, 0.4) is 0 Å². The van der Waals surface area contributed by atoms with Crippen molar-refractivity contribution < 1.29 is 9.53 Å². The van der Waals surface area contributed by atoms with Crippen LogP contribution in [0.15, 0.2) is 36.5 Å². The minimum Gasteiger partial charge on any atom is -0.497 e. The number of aromatic nitrogens is 2. The van der Waals surface area contributed by atoms with Crippen LogP contribution in [-0.2, 0) is 0 Å². The minimum absolute atomic E-state index is 0.264. The number of methoxy groups -OCH3 is 1. The van der Waals surface area contributed by atoms with Crippen LogP contribution in [0.1, 0.15) is 16.1 Å². The van der Waals surface area contributed by atoms with Crippen molar-refractivity contribution in [3.05, 3.63) is 47.8 Å². The SMILES string of the molecule is COc1cccc(C(=O)Nc2nccc(C)n2)c1. The third-order valence-electron chi connectivity index (χ3n) is 2.35. The van der Waals surface area contributed by atoms with Crippen LogP contribution in [0.5, 0.6) is 5.75 Å². The summed E-state index contributed by atoms with van der Waals surface area (Å²) in [7, 11) is 1.56. The molecule has 5 nitrogen and oxygen atoms in total. The molecule has 92 valence electrons. The van der Waals surface area contributed by atoms with Gasteiger partial charge in [-0.05, 0) is 31.2 Å². The molecule has 2 aromatic rings. The van der Waals surface area contributed by atoms with Gasteiger partial charge in [-0.2, -0.15) is 0 Å². The summed E-state index contributed by atoms with van der Waals surface area (Å²) in [6, 6.07) is 8.66. The van der Waals surface area contributed by atoms with Crippen molar-refractivity contribution in [2.75, 3.05) is 12.4 Å². The molecule has 1 N–H and O–H groups in total. The van der Waals surface area contributed by atoms with E-state index >= 15 is 0 Å². The van der Waals surface area contributed by atoms with Gasteiger partial charge < -0.3 is 4.74 Å². The zero-order valence-corrected chi connectivity index (χ0v) is 10.2. The number of anilines is 1. The van der Waals surface area contributed by atoms with E-state index in [1.807, 2.05) is 6.92 Å². The lowest BCUT2D eigenvalue weighted by Crippen LogP contribution is -2.14. The van der Waals surface area contributed by atoms with E-state index in [1.165, 1.54) is 0 Å². The standard InChI is InChI=1S/C13H13N3O2/c1-9-6-7-14-13(15-9)16-12(17)10-4-3-5-11(8-10)18-2/h3-8H,1-2H3,(H,14,15,16,17). The molecule has 1 aromatic heterocycles. The Morgan fingerprint density at radius 2 is 2.17 bits per heavy atom. The maximum absolute atomic E-state index is 11.9. The Morgan fingerprint density at radius 1 is 1.33 bits per heavy atom. The summed E-state index contributed by atoms with van der Waals surface area (Å²) in [6.45, 7) is 1.84. The lowest BCUT2D eigenvalue weighted by atomic mass is 10.2. The number of nitrogens with zero attached hydrogens (tertiary/aromatic N) is 2. The second-order valence-corrected chi connectivity index (χ2v) is 3.71. The van der Waals surface area contributed by atoms with Crippen molar-refractivity contribution in [1.29, 1.82) is 0 Å². The van der Waals surface area contributed by atoms with E-state index in [4.69, 9.17) is 4.74 Å². The normalized spacial score (nSPS) is 9.89. The topological polar surface area (TPSA) is 64.1 Å². The molecule has 0 aliphatic heterocycles. The number of hydrogen-bond donors (Lipinski definition) is 1. The van der Waals surface area contributed by atoms with E-state index in [-0.39, 0.29) is 5.91 Å². The van der Waals surface area contributed by atoms with Gasteiger partial charge in [-0.15, -0.1) is 0 Å². The molecule has 0 aliphatic carbocycles. The maximum atomic E-state index is 11.9. The molecule has 5 heteroatoms. The number of carbonyl (C=O) groups excluding carboxylic acids is 1. The Hall–Kier alpha value is -2.43. The molecule has 0 aliphatic rings. The molecule has 1 heterocycles. The number of hydrogen-bond acceptors (Lipinski definition) is 4. The number of amides is 1. The van der Waals surface area contributed by atoms with Gasteiger partial charge in [0.2, 0.25) is 5.95 Å². The number of nitrogens with one attached hydrogen (secondary N) is 1. The van der Waals surface area contributed by atoms with Crippen LogP contribution in [0, 0.1) is 6.92 Å². The van der Waals surface area contributed by atoms with Crippen molar-refractivity contribution in [3.8, 4) is 5.75 Å². The number of ether oxygens (including phenoxy) is 1. The monoisotopic (exact) mass is 243 g/mol. The summed E-state index contributed by atoms with van der Waals surface area (Å²) >= 11 is 0. The molecule has 0 bridgehead atoms. The Bertz CT molecular complexity index is 570. The van der Waals surface area contributed by atoms with Crippen LogP contribution >= 0.6 is 0 Å². The van der Waals surface area contributed by atoms with Gasteiger partial charge in [-0.1, -0.05) is 6.07 Å². The van der Waals surface area contributed by atoms with Gasteiger partial charge in [-0.3, -0.25) is 10.1 Å². The fraction of sp³-hybridized carbons (Fsp3) is 0.154. The molecule has 0 unspecified atom stereocenters. The third-order valence-corrected chi connectivity index (χ3v) is 2.35. The predicted molar refractivity (Wildman–Crippen MR) is 67.7 cm³/mol. The molecular weight excluding hydrogens is 230 g/mol. The molecule has 18 heavy (non-hydrogen) atoms. The van der Waals surface area contributed by atoms with Gasteiger partial charge in [0.15, 0.2) is 0 Å². The molecule has 0 saturated carbocycles. The highest BCUT2D eigenvalue weighted by atomic mass is 16.5. The van der Waals surface area contributed by atoms with Gasteiger partial charge >= 0.3 is 0 Å². The predicted octanol–water partition coefficient (Wildman–Crippen LogP) is 2.05. The van der Waals surface area contributed by atoms with E-state index in [1.54, 1.807) is 43.6 Å². The van der Waals surface area contributed by atoms with Crippen molar-refractivity contribution in [3.63, 3.8) is 0 Å². The van der Waals surface area contributed by atoms with E-state index in [0.717, 1.165) is 5.69 Å². The Balaban J connectivity index is 2.16. The molecule has 1 amide bonds. The maximum Gasteiger partial charge on any atom is 0.258 e. The zero-order valence-electron chi connectivity index (χ0n) is 10.2. The molecule has 0 radical (unpaired) electrons. The van der Waals surface area contributed by atoms with Crippen molar-refractivity contribution >= 4 is 11.9 Å². The smallest absolute Gasteiger partial charge is 0.258 e. The average Bonchev–Trinajstić information content (AvgIpc) is 2.39. The summed E-state index contributed by atoms with van der Waals surface area (Å²) in [5.74, 6) is 0.662. The Morgan fingerprint density at radius 3 is 2.89 bits per heavy atom. The lowest BCUT2D eigenvalue weighted by Gasteiger charge is -2.05. The molecular formula is C13H13N3O2. The number of benzene rings is 1. The molecule has 1 aromatic carbocycles. The van der Waals surface area contributed by atoms with E-state index in [2.05, 4.69) is 15.3 Å². The van der Waals surface area contributed by atoms with Gasteiger partial charge in [0, 0.05) is 17.5 Å². The summed E-state index contributed by atoms with van der Waals surface area (Å²) in [5, 5.41) is 2.63. The molecule has 0 saturated heterocycles. The quantitative estimate of drug-likeness (QED) is 0.896. The first-order valence-corrected chi connectivity index (χ1v) is 5.44. The molecule has 0 fully saturated rings. The van der Waals surface area contributed by atoms with Gasteiger partial charge in [0.25, 0.3) is 5.91 Å². The minimum atomic E-state index is -0.264. The van der Waals surface area contributed by atoms with Crippen molar-refractivity contribution in [1.82, 2.24) is 9.97 Å². The van der Waals surface area contributed by atoms with Crippen LogP contribution < -0.4 is 10.1 Å². The lowest BCUT2D eigenvalue weighted by molar-refractivity contribution is 0.102. The third kappa shape index (κ3) is 2.82. The largest absolute Gasteiger partial charge is 0.497 e. The fourth-order valence-electron chi connectivity index (χ4n) is 1.45. The second-order valence-electron chi connectivity index (χ2n) is 3.71. The summed E-state index contributed by atoms with van der Waals surface area (Å²) in [5.41, 5.74) is 1.30.